The molecule has 2 aliphatic rings. The van der Waals surface area contributed by atoms with Crippen molar-refractivity contribution in [2.45, 2.75) is 96.7 Å². The first-order valence-electron chi connectivity index (χ1n) is 9.09. The average molecular weight is 327 g/mol. The SMILES string of the molecule is CCC1(CC)OC[C@H](CCC2=C(O[Si](C)(C)C)CCCC2)O1. The van der Waals surface area contributed by atoms with Gasteiger partial charge < -0.3 is 13.9 Å². The van der Waals surface area contributed by atoms with Crippen LogP contribution >= 0.6 is 0 Å². The quantitative estimate of drug-likeness (QED) is 0.588. The van der Waals surface area contributed by atoms with E-state index in [9.17, 15) is 0 Å². The molecule has 1 fully saturated rings. The van der Waals surface area contributed by atoms with Crippen molar-refractivity contribution >= 4 is 8.32 Å². The normalized spacial score (nSPS) is 25.6. The summed E-state index contributed by atoms with van der Waals surface area (Å²) in [7, 11) is -1.50. The monoisotopic (exact) mass is 326 g/mol. The van der Waals surface area contributed by atoms with E-state index in [1.54, 1.807) is 5.57 Å². The lowest BCUT2D eigenvalue weighted by atomic mass is 9.93. The highest BCUT2D eigenvalue weighted by Crippen LogP contribution is 2.35. The predicted molar refractivity (Wildman–Crippen MR) is 93.3 cm³/mol. The Bertz CT molecular complexity index is 394. The molecule has 0 aromatic heterocycles. The molecule has 0 aromatic carbocycles. The molecule has 128 valence electrons. The van der Waals surface area contributed by atoms with Gasteiger partial charge in [-0.1, -0.05) is 13.8 Å². The molecular weight excluding hydrogens is 292 g/mol. The minimum absolute atomic E-state index is 0.252. The largest absolute Gasteiger partial charge is 0.547 e. The van der Waals surface area contributed by atoms with Crippen molar-refractivity contribution < 1.29 is 13.9 Å². The van der Waals surface area contributed by atoms with Crippen molar-refractivity contribution in [1.29, 1.82) is 0 Å². The van der Waals surface area contributed by atoms with E-state index >= 15 is 0 Å². The molecule has 0 spiro atoms. The van der Waals surface area contributed by atoms with Crippen LogP contribution in [0.15, 0.2) is 11.3 Å². The molecule has 0 aromatic rings. The number of allylic oxidation sites excluding steroid dienone is 2. The Kier molecular flexibility index (Phi) is 6.14. The van der Waals surface area contributed by atoms with Crippen LogP contribution in [-0.4, -0.2) is 26.8 Å². The summed E-state index contributed by atoms with van der Waals surface area (Å²) >= 11 is 0. The van der Waals surface area contributed by atoms with Crippen LogP contribution in [0.5, 0.6) is 0 Å². The van der Waals surface area contributed by atoms with Gasteiger partial charge in [0.05, 0.1) is 18.5 Å². The summed E-state index contributed by atoms with van der Waals surface area (Å²) in [6, 6.07) is 0. The fourth-order valence-corrected chi connectivity index (χ4v) is 4.40. The molecule has 0 saturated carbocycles. The van der Waals surface area contributed by atoms with Crippen LogP contribution in [0.4, 0.5) is 0 Å². The van der Waals surface area contributed by atoms with E-state index in [0.717, 1.165) is 38.7 Å². The van der Waals surface area contributed by atoms with E-state index in [1.807, 2.05) is 0 Å². The van der Waals surface area contributed by atoms with E-state index in [2.05, 4.69) is 33.5 Å². The molecule has 1 aliphatic heterocycles. The van der Waals surface area contributed by atoms with E-state index in [-0.39, 0.29) is 11.9 Å². The molecule has 0 amide bonds. The van der Waals surface area contributed by atoms with Gasteiger partial charge in [-0.15, -0.1) is 0 Å². The zero-order valence-corrected chi connectivity index (χ0v) is 16.2. The molecule has 1 aliphatic carbocycles. The molecule has 3 nitrogen and oxygen atoms in total. The molecular formula is C18H34O3Si. The van der Waals surface area contributed by atoms with Gasteiger partial charge in [0.1, 0.15) is 0 Å². The lowest BCUT2D eigenvalue weighted by Crippen LogP contribution is -2.29. The van der Waals surface area contributed by atoms with Crippen molar-refractivity contribution in [2.75, 3.05) is 6.61 Å². The molecule has 0 unspecified atom stereocenters. The topological polar surface area (TPSA) is 27.7 Å². The first-order valence-corrected chi connectivity index (χ1v) is 12.5. The minimum atomic E-state index is -1.50. The summed E-state index contributed by atoms with van der Waals surface area (Å²) < 4.78 is 18.5. The number of hydrogen-bond donors (Lipinski definition) is 0. The minimum Gasteiger partial charge on any atom is -0.547 e. The molecule has 0 bridgehead atoms. The smallest absolute Gasteiger partial charge is 0.241 e. The highest BCUT2D eigenvalue weighted by atomic mass is 28.4. The lowest BCUT2D eigenvalue weighted by Gasteiger charge is -2.28. The van der Waals surface area contributed by atoms with Crippen molar-refractivity contribution in [2.24, 2.45) is 0 Å². The van der Waals surface area contributed by atoms with Gasteiger partial charge in [0, 0.05) is 6.42 Å². The van der Waals surface area contributed by atoms with Crippen LogP contribution in [0, 0.1) is 0 Å². The number of hydrogen-bond acceptors (Lipinski definition) is 3. The molecule has 0 radical (unpaired) electrons. The second-order valence-electron chi connectivity index (χ2n) is 7.66. The van der Waals surface area contributed by atoms with E-state index in [0.29, 0.717) is 0 Å². The average Bonchev–Trinajstić information content (AvgIpc) is 2.89. The summed E-state index contributed by atoms with van der Waals surface area (Å²) in [5, 5.41) is 0. The van der Waals surface area contributed by atoms with Gasteiger partial charge in [-0.05, 0) is 70.2 Å². The van der Waals surface area contributed by atoms with Crippen LogP contribution in [0.2, 0.25) is 19.6 Å². The summed E-state index contributed by atoms with van der Waals surface area (Å²) in [6.07, 6.45) is 9.23. The zero-order chi connectivity index (χ0) is 16.2. The van der Waals surface area contributed by atoms with Crippen LogP contribution in [0.3, 0.4) is 0 Å². The number of ether oxygens (including phenoxy) is 2. The fourth-order valence-electron chi connectivity index (χ4n) is 3.41. The fraction of sp³-hybridized carbons (Fsp3) is 0.889. The first-order chi connectivity index (χ1) is 10.4. The Morgan fingerprint density at radius 3 is 2.41 bits per heavy atom. The predicted octanol–water partition coefficient (Wildman–Crippen LogP) is 5.38. The Hall–Kier alpha value is -0.323. The van der Waals surface area contributed by atoms with Crippen LogP contribution in [0.1, 0.15) is 65.2 Å². The Labute approximate surface area is 137 Å². The lowest BCUT2D eigenvalue weighted by molar-refractivity contribution is -0.172. The Morgan fingerprint density at radius 1 is 1.14 bits per heavy atom. The summed E-state index contributed by atoms with van der Waals surface area (Å²) in [6.45, 7) is 11.9. The number of rotatable bonds is 7. The molecule has 4 heteroatoms. The maximum Gasteiger partial charge on any atom is 0.241 e. The van der Waals surface area contributed by atoms with Gasteiger partial charge in [-0.2, -0.15) is 0 Å². The van der Waals surface area contributed by atoms with Gasteiger partial charge in [0.25, 0.3) is 0 Å². The van der Waals surface area contributed by atoms with E-state index in [1.165, 1.54) is 25.0 Å². The Morgan fingerprint density at radius 2 is 1.82 bits per heavy atom. The second kappa shape index (κ2) is 7.50. The summed E-state index contributed by atoms with van der Waals surface area (Å²) in [4.78, 5) is 0. The van der Waals surface area contributed by atoms with Crippen molar-refractivity contribution in [1.82, 2.24) is 0 Å². The molecule has 22 heavy (non-hydrogen) atoms. The first kappa shape index (κ1) is 18.0. The summed E-state index contributed by atoms with van der Waals surface area (Å²) in [5.41, 5.74) is 1.54. The maximum absolute atomic E-state index is 6.34. The van der Waals surface area contributed by atoms with Crippen molar-refractivity contribution in [3.63, 3.8) is 0 Å². The van der Waals surface area contributed by atoms with E-state index < -0.39 is 8.32 Å². The highest BCUT2D eigenvalue weighted by molar-refractivity contribution is 6.70. The molecule has 1 atom stereocenters. The third-order valence-corrected chi connectivity index (χ3v) is 5.57. The molecule has 1 saturated heterocycles. The van der Waals surface area contributed by atoms with Gasteiger partial charge in [-0.3, -0.25) is 0 Å². The standard InChI is InChI=1S/C18H34O3Si/c1-6-18(7-2)19-14-16(20-18)13-12-15-10-8-9-11-17(15)21-22(3,4)5/h16H,6-14H2,1-5H3/t16-/m0/s1. The van der Waals surface area contributed by atoms with Gasteiger partial charge in [0.15, 0.2) is 5.79 Å². The third-order valence-electron chi connectivity index (χ3n) is 4.72. The zero-order valence-electron chi connectivity index (χ0n) is 15.2. The maximum atomic E-state index is 6.34. The molecule has 0 N–H and O–H groups in total. The second-order valence-corrected chi connectivity index (χ2v) is 12.1. The third kappa shape index (κ3) is 4.84. The summed E-state index contributed by atoms with van der Waals surface area (Å²) in [5.74, 6) is 0.991. The van der Waals surface area contributed by atoms with E-state index in [4.69, 9.17) is 13.9 Å². The van der Waals surface area contributed by atoms with Gasteiger partial charge in [0.2, 0.25) is 8.32 Å². The highest BCUT2D eigenvalue weighted by Gasteiger charge is 2.38. The molecule has 1 heterocycles. The Balaban J connectivity index is 1.92. The van der Waals surface area contributed by atoms with Crippen LogP contribution in [0.25, 0.3) is 0 Å². The molecule has 2 rings (SSSR count). The van der Waals surface area contributed by atoms with Crippen molar-refractivity contribution in [3.05, 3.63) is 11.3 Å². The van der Waals surface area contributed by atoms with Gasteiger partial charge >= 0.3 is 0 Å². The van der Waals surface area contributed by atoms with Crippen LogP contribution < -0.4 is 0 Å². The van der Waals surface area contributed by atoms with Crippen molar-refractivity contribution in [3.8, 4) is 0 Å². The van der Waals surface area contributed by atoms with Gasteiger partial charge in [-0.25, -0.2) is 0 Å². The van der Waals surface area contributed by atoms with Crippen LogP contribution in [-0.2, 0) is 13.9 Å².